The van der Waals surface area contributed by atoms with Crippen molar-refractivity contribution in [1.82, 2.24) is 14.8 Å². The van der Waals surface area contributed by atoms with Gasteiger partial charge in [0.1, 0.15) is 0 Å². The summed E-state index contributed by atoms with van der Waals surface area (Å²) in [5.41, 5.74) is 3.87. The van der Waals surface area contributed by atoms with Gasteiger partial charge in [0.25, 0.3) is 0 Å². The van der Waals surface area contributed by atoms with E-state index in [1.54, 1.807) is 0 Å². The van der Waals surface area contributed by atoms with E-state index in [2.05, 4.69) is 83.3 Å². The Morgan fingerprint density at radius 1 is 1.06 bits per heavy atom. The minimum Gasteiger partial charge on any atom is -0.340 e. The number of likely N-dealkylation sites (tertiary alicyclic amines) is 1. The van der Waals surface area contributed by atoms with Crippen LogP contribution in [-0.2, 0) is 0 Å². The van der Waals surface area contributed by atoms with Crippen LogP contribution in [0.4, 0.5) is 11.4 Å². The van der Waals surface area contributed by atoms with Crippen molar-refractivity contribution in [2.45, 2.75) is 35.1 Å². The van der Waals surface area contributed by atoms with Crippen molar-refractivity contribution >= 4 is 34.7 Å². The number of anilines is 2. The minimum atomic E-state index is 0.610. The second-order valence-corrected chi connectivity index (χ2v) is 10.4. The van der Waals surface area contributed by atoms with Gasteiger partial charge in [0, 0.05) is 39.8 Å². The van der Waals surface area contributed by atoms with E-state index in [0.29, 0.717) is 6.04 Å². The molecule has 0 amide bonds. The Labute approximate surface area is 207 Å². The predicted octanol–water partition coefficient (Wildman–Crippen LogP) is 6.74. The molecule has 4 nitrogen and oxygen atoms in total. The Bertz CT molecular complexity index is 1040. The third kappa shape index (κ3) is 6.10. The number of hydrogen-bond donors (Lipinski definition) is 0. The van der Waals surface area contributed by atoms with Crippen LogP contribution in [0.1, 0.15) is 30.9 Å². The molecule has 3 aromatic rings. The van der Waals surface area contributed by atoms with E-state index in [1.807, 2.05) is 36.3 Å². The minimum absolute atomic E-state index is 0.610. The summed E-state index contributed by atoms with van der Waals surface area (Å²) >= 11 is 8.03. The fraction of sp³-hybridized carbons (Fsp3) is 0.370. The van der Waals surface area contributed by atoms with Gasteiger partial charge < -0.3 is 9.80 Å². The lowest BCUT2D eigenvalue weighted by Crippen LogP contribution is -2.25. The molecule has 6 heteroatoms. The van der Waals surface area contributed by atoms with Gasteiger partial charge in [-0.3, -0.25) is 9.88 Å². The lowest BCUT2D eigenvalue weighted by atomic mass is 10.1. The predicted molar refractivity (Wildman–Crippen MR) is 141 cm³/mol. The Balaban J connectivity index is 0.000000183. The van der Waals surface area contributed by atoms with Gasteiger partial charge in [0.15, 0.2) is 0 Å². The number of hydrogen-bond acceptors (Lipinski definition) is 5. The van der Waals surface area contributed by atoms with Crippen LogP contribution in [0.2, 0.25) is 5.02 Å². The highest BCUT2D eigenvalue weighted by atomic mass is 35.5. The van der Waals surface area contributed by atoms with Gasteiger partial charge in [0.05, 0.1) is 11.4 Å². The molecule has 1 atom stereocenters. The highest BCUT2D eigenvalue weighted by Gasteiger charge is 2.23. The van der Waals surface area contributed by atoms with Crippen molar-refractivity contribution in [1.29, 1.82) is 0 Å². The third-order valence-corrected chi connectivity index (χ3v) is 7.53. The number of para-hydroxylation sites is 1. The topological polar surface area (TPSA) is 22.6 Å². The first-order valence-electron chi connectivity index (χ1n) is 11.6. The molecular formula is C27H33ClN4S. The number of aromatic nitrogens is 1. The van der Waals surface area contributed by atoms with Crippen molar-refractivity contribution in [3.63, 3.8) is 0 Å². The molecule has 1 fully saturated rings. The summed E-state index contributed by atoms with van der Waals surface area (Å²) in [6.07, 6.45) is 7.53. The standard InChI is InChI=1S/C17H19ClN2S.C10H14N2/c1-19(2)10-5-11-20-14-6-3-4-7-16(14)21-17-9-8-13(18)12-15(17)20;1-12-7-3-5-10(12)9-4-2-6-11-8-9/h3-4,6-9,12H,5,10-11H2,1-2H3;2,4,6,8,10H,3,5,7H2,1H3/t;10-/m.0/s1. The van der Waals surface area contributed by atoms with Gasteiger partial charge in [-0.1, -0.05) is 41.6 Å². The third-order valence-electron chi connectivity index (χ3n) is 6.16. The molecule has 2 aliphatic rings. The zero-order chi connectivity index (χ0) is 23.2. The van der Waals surface area contributed by atoms with Crippen molar-refractivity contribution in [3.05, 3.63) is 77.6 Å². The molecule has 33 heavy (non-hydrogen) atoms. The first-order valence-corrected chi connectivity index (χ1v) is 12.8. The zero-order valence-electron chi connectivity index (χ0n) is 19.7. The summed E-state index contributed by atoms with van der Waals surface area (Å²) in [6.45, 7) is 3.31. The van der Waals surface area contributed by atoms with Gasteiger partial charge in [-0.05, 0) is 95.5 Å². The maximum absolute atomic E-state index is 6.21. The first-order chi connectivity index (χ1) is 16.0. The summed E-state index contributed by atoms with van der Waals surface area (Å²) < 4.78 is 0. The molecule has 2 aromatic carbocycles. The Morgan fingerprint density at radius 2 is 1.88 bits per heavy atom. The van der Waals surface area contributed by atoms with Gasteiger partial charge in [-0.2, -0.15) is 0 Å². The summed E-state index contributed by atoms with van der Waals surface area (Å²) in [5.74, 6) is 0. The lowest BCUT2D eigenvalue weighted by Gasteiger charge is -2.33. The number of fused-ring (bicyclic) bond motifs is 2. The van der Waals surface area contributed by atoms with E-state index in [4.69, 9.17) is 11.6 Å². The van der Waals surface area contributed by atoms with E-state index in [9.17, 15) is 0 Å². The monoisotopic (exact) mass is 480 g/mol. The van der Waals surface area contributed by atoms with Crippen molar-refractivity contribution in [2.24, 2.45) is 0 Å². The van der Waals surface area contributed by atoms with E-state index < -0.39 is 0 Å². The molecule has 0 unspecified atom stereocenters. The SMILES string of the molecule is CN(C)CCCN1c2ccccc2Sc2ccc(Cl)cc21.CN1CCC[C@H]1c1cccnc1. The second kappa shape index (κ2) is 11.4. The van der Waals surface area contributed by atoms with E-state index >= 15 is 0 Å². The molecule has 2 aliphatic heterocycles. The number of nitrogens with zero attached hydrogens (tertiary/aromatic N) is 4. The van der Waals surface area contributed by atoms with Crippen LogP contribution in [0.5, 0.6) is 0 Å². The van der Waals surface area contributed by atoms with Gasteiger partial charge in [-0.15, -0.1) is 0 Å². The Kier molecular flexibility index (Phi) is 8.31. The maximum Gasteiger partial charge on any atom is 0.0567 e. The van der Waals surface area contributed by atoms with E-state index in [-0.39, 0.29) is 0 Å². The number of benzene rings is 2. The summed E-state index contributed by atoms with van der Waals surface area (Å²) in [7, 11) is 6.42. The Morgan fingerprint density at radius 3 is 2.61 bits per heavy atom. The second-order valence-electron chi connectivity index (χ2n) is 8.92. The average molecular weight is 481 g/mol. The fourth-order valence-electron chi connectivity index (χ4n) is 4.49. The van der Waals surface area contributed by atoms with Crippen LogP contribution in [0.3, 0.4) is 0 Å². The molecule has 5 rings (SSSR count). The summed E-state index contributed by atoms with van der Waals surface area (Å²) in [4.78, 5) is 13.8. The van der Waals surface area contributed by atoms with Crippen LogP contribution < -0.4 is 4.90 Å². The zero-order valence-corrected chi connectivity index (χ0v) is 21.3. The van der Waals surface area contributed by atoms with Crippen LogP contribution in [0.15, 0.2) is 76.8 Å². The molecule has 0 aliphatic carbocycles. The van der Waals surface area contributed by atoms with Crippen molar-refractivity contribution < 1.29 is 0 Å². The van der Waals surface area contributed by atoms with Gasteiger partial charge >= 0.3 is 0 Å². The van der Waals surface area contributed by atoms with Gasteiger partial charge in [-0.25, -0.2) is 0 Å². The smallest absolute Gasteiger partial charge is 0.0567 e. The highest BCUT2D eigenvalue weighted by Crippen LogP contribution is 2.48. The normalized spacial score (nSPS) is 17.4. The lowest BCUT2D eigenvalue weighted by molar-refractivity contribution is 0.317. The van der Waals surface area contributed by atoms with Crippen molar-refractivity contribution in [3.8, 4) is 0 Å². The average Bonchev–Trinajstić information content (AvgIpc) is 3.25. The number of rotatable bonds is 5. The first kappa shape index (κ1) is 24.1. The number of halogens is 1. The molecule has 174 valence electrons. The fourth-order valence-corrected chi connectivity index (χ4v) is 5.74. The van der Waals surface area contributed by atoms with E-state index in [0.717, 1.165) is 24.5 Å². The molecule has 1 saturated heterocycles. The molecule has 3 heterocycles. The van der Waals surface area contributed by atoms with E-state index in [1.165, 1.54) is 46.1 Å². The molecule has 1 aromatic heterocycles. The van der Waals surface area contributed by atoms with Crippen LogP contribution in [0.25, 0.3) is 0 Å². The molecule has 0 radical (unpaired) electrons. The molecule has 0 spiro atoms. The summed E-state index contributed by atoms with van der Waals surface area (Å²) in [6, 6.07) is 19.6. The van der Waals surface area contributed by atoms with Crippen LogP contribution in [0, 0.1) is 0 Å². The number of pyridine rings is 1. The quantitative estimate of drug-likeness (QED) is 0.402. The van der Waals surface area contributed by atoms with Crippen LogP contribution >= 0.6 is 23.4 Å². The molecule has 0 bridgehead atoms. The molecule has 0 N–H and O–H groups in total. The van der Waals surface area contributed by atoms with Gasteiger partial charge in [0.2, 0.25) is 0 Å². The maximum atomic E-state index is 6.21. The highest BCUT2D eigenvalue weighted by molar-refractivity contribution is 7.99. The Hall–Kier alpha value is -2.05. The van der Waals surface area contributed by atoms with Crippen LogP contribution in [-0.4, -0.2) is 55.6 Å². The van der Waals surface area contributed by atoms with Crippen molar-refractivity contribution in [2.75, 3.05) is 45.7 Å². The molecule has 0 saturated carbocycles. The largest absolute Gasteiger partial charge is 0.340 e. The molecular weight excluding hydrogens is 448 g/mol. The summed E-state index contributed by atoms with van der Waals surface area (Å²) in [5, 5.41) is 0.798.